The SMILES string of the molecule is CCC(CC)C(C)(P(=O)(O)O)S(=O)(=O)c1ccc(N)cc1. The van der Waals surface area contributed by atoms with E-state index in [2.05, 4.69) is 0 Å². The molecule has 1 aromatic rings. The maximum atomic E-state index is 12.8. The molecule has 0 saturated heterocycles. The predicted molar refractivity (Wildman–Crippen MR) is 82.6 cm³/mol. The highest BCUT2D eigenvalue weighted by atomic mass is 32.2. The van der Waals surface area contributed by atoms with Crippen molar-refractivity contribution in [3.05, 3.63) is 24.3 Å². The summed E-state index contributed by atoms with van der Waals surface area (Å²) in [4.78, 5) is 19.3. The van der Waals surface area contributed by atoms with Gasteiger partial charge in [-0.05, 0) is 37.1 Å². The van der Waals surface area contributed by atoms with E-state index in [4.69, 9.17) is 5.73 Å². The molecule has 0 heterocycles. The number of rotatable bonds is 6. The molecule has 0 spiro atoms. The van der Waals surface area contributed by atoms with E-state index in [-0.39, 0.29) is 4.90 Å². The van der Waals surface area contributed by atoms with Crippen molar-refractivity contribution in [1.82, 2.24) is 0 Å². The topological polar surface area (TPSA) is 118 Å². The average molecular weight is 335 g/mol. The monoisotopic (exact) mass is 335 g/mol. The second kappa shape index (κ2) is 6.08. The second-order valence-corrected chi connectivity index (χ2v) is 9.83. The molecule has 120 valence electrons. The fraction of sp³-hybridized carbons (Fsp3) is 0.538. The first kappa shape index (κ1) is 18.2. The van der Waals surface area contributed by atoms with Crippen LogP contribution in [0.3, 0.4) is 0 Å². The molecule has 0 fully saturated rings. The zero-order chi connectivity index (χ0) is 16.5. The van der Waals surface area contributed by atoms with Crippen LogP contribution in [0, 0.1) is 5.92 Å². The van der Waals surface area contributed by atoms with E-state index in [1.807, 2.05) is 0 Å². The molecule has 0 saturated carbocycles. The molecule has 0 radical (unpaired) electrons. The summed E-state index contributed by atoms with van der Waals surface area (Å²) >= 11 is 0. The Kier molecular flexibility index (Phi) is 5.26. The summed E-state index contributed by atoms with van der Waals surface area (Å²) in [6.45, 7) is 4.58. The van der Waals surface area contributed by atoms with Crippen molar-refractivity contribution in [2.45, 2.75) is 43.0 Å². The minimum Gasteiger partial charge on any atom is -0.399 e. The maximum Gasteiger partial charge on any atom is 0.347 e. The van der Waals surface area contributed by atoms with Crippen molar-refractivity contribution >= 4 is 23.1 Å². The van der Waals surface area contributed by atoms with Gasteiger partial charge in [-0.3, -0.25) is 4.57 Å². The average Bonchev–Trinajstić information content (AvgIpc) is 2.38. The fourth-order valence-corrected chi connectivity index (χ4v) is 6.70. The van der Waals surface area contributed by atoms with Gasteiger partial charge in [0.15, 0.2) is 14.3 Å². The third kappa shape index (κ3) is 3.01. The molecular weight excluding hydrogens is 313 g/mol. The Balaban J connectivity index is 3.59. The predicted octanol–water partition coefficient (Wildman–Crippen LogP) is 2.37. The van der Waals surface area contributed by atoms with E-state index in [0.29, 0.717) is 18.5 Å². The van der Waals surface area contributed by atoms with Crippen LogP contribution in [0.15, 0.2) is 29.2 Å². The summed E-state index contributed by atoms with van der Waals surface area (Å²) in [5.74, 6) is -0.652. The van der Waals surface area contributed by atoms with Crippen LogP contribution in [0.25, 0.3) is 0 Å². The molecule has 6 nitrogen and oxygen atoms in total. The summed E-state index contributed by atoms with van der Waals surface area (Å²) < 4.78 is 35.5. The fourth-order valence-electron chi connectivity index (χ4n) is 2.55. The molecule has 1 atom stereocenters. The van der Waals surface area contributed by atoms with Gasteiger partial charge in [0, 0.05) is 5.69 Å². The molecule has 8 heteroatoms. The smallest absolute Gasteiger partial charge is 0.347 e. The summed E-state index contributed by atoms with van der Waals surface area (Å²) in [5.41, 5.74) is 5.91. The molecule has 4 N–H and O–H groups in total. The van der Waals surface area contributed by atoms with E-state index in [0.717, 1.165) is 6.92 Å². The van der Waals surface area contributed by atoms with Crippen LogP contribution in [0.5, 0.6) is 0 Å². The highest BCUT2D eigenvalue weighted by Gasteiger charge is 2.57. The van der Waals surface area contributed by atoms with Crippen LogP contribution >= 0.6 is 7.60 Å². The Labute approximate surface area is 125 Å². The number of sulfone groups is 1. The molecule has 0 bridgehead atoms. The lowest BCUT2D eigenvalue weighted by Crippen LogP contribution is -2.42. The number of hydrogen-bond acceptors (Lipinski definition) is 4. The van der Waals surface area contributed by atoms with Crippen molar-refractivity contribution in [2.24, 2.45) is 5.92 Å². The Hall–Kier alpha value is -0.880. The normalized spacial score (nSPS) is 15.9. The molecule has 0 aliphatic carbocycles. The Morgan fingerprint density at radius 1 is 1.19 bits per heavy atom. The van der Waals surface area contributed by atoms with Gasteiger partial charge in [0.25, 0.3) is 0 Å². The number of anilines is 1. The standard InChI is InChI=1S/C13H22NO5PS/c1-4-10(5-2)13(3,20(15,16)17)21(18,19)12-8-6-11(14)7-9-12/h6-10H,4-5,14H2,1-3H3,(H2,15,16,17). The zero-order valence-electron chi connectivity index (χ0n) is 12.4. The van der Waals surface area contributed by atoms with Gasteiger partial charge in [-0.2, -0.15) is 0 Å². The lowest BCUT2D eigenvalue weighted by Gasteiger charge is -2.36. The summed E-state index contributed by atoms with van der Waals surface area (Å²) in [6.07, 6.45) is 0.707. The first-order valence-electron chi connectivity index (χ1n) is 6.68. The van der Waals surface area contributed by atoms with Gasteiger partial charge in [0.1, 0.15) is 0 Å². The molecule has 1 aromatic carbocycles. The quantitative estimate of drug-likeness (QED) is 0.542. The molecule has 21 heavy (non-hydrogen) atoms. The molecule has 0 amide bonds. The van der Waals surface area contributed by atoms with Crippen molar-refractivity contribution in [3.63, 3.8) is 0 Å². The van der Waals surface area contributed by atoms with Gasteiger partial charge in [-0.15, -0.1) is 0 Å². The van der Waals surface area contributed by atoms with Crippen LogP contribution in [-0.4, -0.2) is 22.7 Å². The minimum absolute atomic E-state index is 0.130. The summed E-state index contributed by atoms with van der Waals surface area (Å²) in [7, 11) is -9.11. The summed E-state index contributed by atoms with van der Waals surface area (Å²) in [6, 6.07) is 5.36. The van der Waals surface area contributed by atoms with E-state index in [9.17, 15) is 22.8 Å². The maximum absolute atomic E-state index is 12.8. The highest BCUT2D eigenvalue weighted by molar-refractivity contribution is 7.99. The first-order chi connectivity index (χ1) is 9.52. The van der Waals surface area contributed by atoms with Crippen LogP contribution in [0.4, 0.5) is 5.69 Å². The van der Waals surface area contributed by atoms with Gasteiger partial charge < -0.3 is 15.5 Å². The van der Waals surface area contributed by atoms with Gasteiger partial charge in [-0.1, -0.05) is 26.7 Å². The van der Waals surface area contributed by atoms with Crippen molar-refractivity contribution in [1.29, 1.82) is 0 Å². The van der Waals surface area contributed by atoms with E-state index < -0.39 is 27.8 Å². The number of nitrogen functional groups attached to an aromatic ring is 1. The lowest BCUT2D eigenvalue weighted by molar-refractivity contribution is 0.311. The van der Waals surface area contributed by atoms with E-state index >= 15 is 0 Å². The van der Waals surface area contributed by atoms with E-state index in [1.54, 1.807) is 13.8 Å². The van der Waals surface area contributed by atoms with E-state index in [1.165, 1.54) is 24.3 Å². The Morgan fingerprint density at radius 2 is 1.62 bits per heavy atom. The summed E-state index contributed by atoms with van der Waals surface area (Å²) in [5, 5.41) is 0. The van der Waals surface area contributed by atoms with Crippen LogP contribution < -0.4 is 5.73 Å². The largest absolute Gasteiger partial charge is 0.399 e. The van der Waals surface area contributed by atoms with Crippen LogP contribution in [0.1, 0.15) is 33.6 Å². The molecule has 0 aliphatic rings. The second-order valence-electron chi connectivity index (χ2n) is 5.18. The number of benzene rings is 1. The zero-order valence-corrected chi connectivity index (χ0v) is 14.1. The van der Waals surface area contributed by atoms with Crippen molar-refractivity contribution in [3.8, 4) is 0 Å². The van der Waals surface area contributed by atoms with Crippen molar-refractivity contribution in [2.75, 3.05) is 5.73 Å². The van der Waals surface area contributed by atoms with Gasteiger partial charge >= 0.3 is 7.60 Å². The number of hydrogen-bond donors (Lipinski definition) is 3. The van der Waals surface area contributed by atoms with Crippen LogP contribution in [0.2, 0.25) is 0 Å². The molecule has 0 aromatic heterocycles. The Bertz CT molecular complexity index is 633. The molecule has 1 unspecified atom stereocenters. The van der Waals surface area contributed by atoms with Gasteiger partial charge in [0.05, 0.1) is 4.90 Å². The molecule has 0 aliphatic heterocycles. The number of nitrogens with two attached hydrogens (primary N) is 1. The molecular formula is C13H22NO5PS. The first-order valence-corrected chi connectivity index (χ1v) is 9.77. The third-order valence-electron chi connectivity index (χ3n) is 4.06. The Morgan fingerprint density at radius 3 is 1.95 bits per heavy atom. The minimum atomic E-state index is -4.89. The van der Waals surface area contributed by atoms with Crippen molar-refractivity contribution < 1.29 is 22.8 Å². The van der Waals surface area contributed by atoms with Gasteiger partial charge in [0.2, 0.25) is 0 Å². The van der Waals surface area contributed by atoms with Gasteiger partial charge in [-0.25, -0.2) is 8.42 Å². The van der Waals surface area contributed by atoms with Crippen LogP contribution in [-0.2, 0) is 14.4 Å². The lowest BCUT2D eigenvalue weighted by atomic mass is 10.00. The third-order valence-corrected chi connectivity index (χ3v) is 9.33. The molecule has 1 rings (SSSR count). The highest BCUT2D eigenvalue weighted by Crippen LogP contribution is 2.60.